The first-order valence-corrected chi connectivity index (χ1v) is 8.86. The Morgan fingerprint density at radius 3 is 2.93 bits per heavy atom. The highest BCUT2D eigenvalue weighted by atomic mass is 127. The molecule has 0 radical (unpaired) electrons. The molecular formula is C8H10BrINO2P. The Bertz CT molecular complexity index is 260. The maximum atomic E-state index is 5.40. The second-order valence-electron chi connectivity index (χ2n) is 2.44. The lowest BCUT2D eigenvalue weighted by Gasteiger charge is -2.04. The minimum atomic E-state index is 0.526. The summed E-state index contributed by atoms with van der Waals surface area (Å²) >= 11 is 5.51. The van der Waals surface area contributed by atoms with Crippen molar-refractivity contribution < 1.29 is 9.26 Å². The van der Waals surface area contributed by atoms with Crippen molar-refractivity contribution in [3.63, 3.8) is 0 Å². The zero-order chi connectivity index (χ0) is 10.2. The molecule has 0 fully saturated rings. The van der Waals surface area contributed by atoms with Gasteiger partial charge in [-0.1, -0.05) is 0 Å². The Kier molecular flexibility index (Phi) is 7.02. The van der Waals surface area contributed by atoms with Gasteiger partial charge in [0.2, 0.25) is 5.88 Å². The van der Waals surface area contributed by atoms with Gasteiger partial charge in [0.05, 0.1) is 19.7 Å². The maximum absolute atomic E-state index is 5.40. The van der Waals surface area contributed by atoms with Crippen molar-refractivity contribution in [2.75, 3.05) is 13.2 Å². The fraction of sp³-hybridized carbons (Fsp3) is 0.375. The van der Waals surface area contributed by atoms with Crippen molar-refractivity contribution in [3.8, 4) is 5.88 Å². The van der Waals surface area contributed by atoms with Crippen LogP contribution >= 0.6 is 44.4 Å². The third-order valence-electron chi connectivity index (χ3n) is 1.40. The van der Waals surface area contributed by atoms with E-state index in [1.807, 2.05) is 12.1 Å². The highest BCUT2D eigenvalue weighted by molar-refractivity contribution is 14.2. The molecule has 1 atom stereocenters. The first kappa shape index (κ1) is 12.6. The van der Waals surface area contributed by atoms with E-state index in [-0.39, 0.29) is 0 Å². The average Bonchev–Trinajstić information content (AvgIpc) is 2.21. The minimum Gasteiger partial charge on any atom is -0.478 e. The number of halogens is 2. The van der Waals surface area contributed by atoms with E-state index in [2.05, 4.69) is 43.0 Å². The summed E-state index contributed by atoms with van der Waals surface area (Å²) in [6.45, 7) is 1.92. The molecule has 1 aromatic heterocycles. The smallest absolute Gasteiger partial charge is 0.213 e. The fourth-order valence-electron chi connectivity index (χ4n) is 0.794. The SMILES string of the molecule is Brc1ccc(OCCCOPI)nc1. The summed E-state index contributed by atoms with van der Waals surface area (Å²) < 4.78 is 11.6. The monoisotopic (exact) mass is 389 g/mol. The Hall–Kier alpha value is 0.550. The van der Waals surface area contributed by atoms with Gasteiger partial charge >= 0.3 is 0 Å². The van der Waals surface area contributed by atoms with Gasteiger partial charge in [-0.3, -0.25) is 0 Å². The molecule has 3 nitrogen and oxygen atoms in total. The van der Waals surface area contributed by atoms with Crippen molar-refractivity contribution >= 4 is 44.4 Å². The number of rotatable bonds is 6. The number of pyridine rings is 1. The zero-order valence-corrected chi connectivity index (χ0v) is 12.1. The van der Waals surface area contributed by atoms with Crippen LogP contribution in [0.4, 0.5) is 0 Å². The van der Waals surface area contributed by atoms with Gasteiger partial charge in [-0.15, -0.1) is 0 Å². The van der Waals surface area contributed by atoms with E-state index in [1.165, 1.54) is 0 Å². The molecule has 0 aliphatic rings. The summed E-state index contributed by atoms with van der Waals surface area (Å²) in [6, 6.07) is 3.75. The largest absolute Gasteiger partial charge is 0.478 e. The van der Waals surface area contributed by atoms with Crippen molar-refractivity contribution in [1.82, 2.24) is 4.98 Å². The summed E-state index contributed by atoms with van der Waals surface area (Å²) in [4.78, 5) is 4.09. The number of hydrogen-bond acceptors (Lipinski definition) is 3. The van der Waals surface area contributed by atoms with E-state index in [1.54, 1.807) is 6.20 Å². The first-order valence-electron chi connectivity index (χ1n) is 4.04. The van der Waals surface area contributed by atoms with Crippen LogP contribution in [-0.2, 0) is 4.52 Å². The molecule has 0 saturated carbocycles. The molecule has 6 heteroatoms. The first-order chi connectivity index (χ1) is 6.83. The molecule has 14 heavy (non-hydrogen) atoms. The van der Waals surface area contributed by atoms with E-state index in [0.717, 1.165) is 17.5 Å². The molecule has 0 aromatic carbocycles. The standard InChI is InChI=1S/C8H10BrINO2P/c9-7-2-3-8(11-6-7)12-4-1-5-13-14-10/h2-3,6,14H,1,4-5H2. The molecule has 1 rings (SSSR count). The molecule has 1 heterocycles. The van der Waals surface area contributed by atoms with Crippen LogP contribution in [-0.4, -0.2) is 18.2 Å². The zero-order valence-electron chi connectivity index (χ0n) is 7.37. The van der Waals surface area contributed by atoms with Crippen molar-refractivity contribution in [2.45, 2.75) is 6.42 Å². The number of aromatic nitrogens is 1. The highest BCUT2D eigenvalue weighted by Gasteiger charge is 1.94. The molecule has 78 valence electrons. The maximum Gasteiger partial charge on any atom is 0.213 e. The second kappa shape index (κ2) is 7.79. The van der Waals surface area contributed by atoms with Crippen LogP contribution in [0.25, 0.3) is 0 Å². The van der Waals surface area contributed by atoms with Gasteiger partial charge in [-0.05, 0) is 44.0 Å². The summed E-state index contributed by atoms with van der Waals surface area (Å²) in [5.74, 6) is 0.658. The summed E-state index contributed by atoms with van der Waals surface area (Å²) in [6.07, 6.45) is 2.62. The van der Waals surface area contributed by atoms with E-state index < -0.39 is 0 Å². The summed E-state index contributed by atoms with van der Waals surface area (Å²) in [5.41, 5.74) is 0. The molecule has 0 N–H and O–H groups in total. The van der Waals surface area contributed by atoms with Crippen LogP contribution in [0.15, 0.2) is 22.8 Å². The lowest BCUT2D eigenvalue weighted by molar-refractivity contribution is 0.258. The van der Waals surface area contributed by atoms with Gasteiger partial charge in [0.15, 0.2) is 0 Å². The Morgan fingerprint density at radius 2 is 2.29 bits per heavy atom. The van der Waals surface area contributed by atoms with Gasteiger partial charge in [-0.25, -0.2) is 4.98 Å². The van der Waals surface area contributed by atoms with Crippen molar-refractivity contribution in [2.24, 2.45) is 0 Å². The lowest BCUT2D eigenvalue weighted by Crippen LogP contribution is -2.01. The summed E-state index contributed by atoms with van der Waals surface area (Å²) in [5, 5.41) is 0. The van der Waals surface area contributed by atoms with Crippen LogP contribution in [0, 0.1) is 0 Å². The van der Waals surface area contributed by atoms with E-state index in [9.17, 15) is 0 Å². The number of hydrogen-bond donors (Lipinski definition) is 0. The Balaban J connectivity index is 2.15. The van der Waals surface area contributed by atoms with E-state index in [0.29, 0.717) is 18.9 Å². The van der Waals surface area contributed by atoms with Crippen molar-refractivity contribution in [3.05, 3.63) is 22.8 Å². The second-order valence-corrected chi connectivity index (χ2v) is 5.12. The van der Waals surface area contributed by atoms with Crippen LogP contribution in [0.2, 0.25) is 0 Å². The van der Waals surface area contributed by atoms with Crippen LogP contribution in [0.5, 0.6) is 5.88 Å². The number of nitrogens with zero attached hydrogens (tertiary/aromatic N) is 1. The predicted octanol–water partition coefficient (Wildman–Crippen LogP) is 3.57. The van der Waals surface area contributed by atoms with Gasteiger partial charge < -0.3 is 9.26 Å². The third kappa shape index (κ3) is 5.44. The molecule has 1 aromatic rings. The summed E-state index contributed by atoms with van der Waals surface area (Å²) in [7, 11) is 0. The molecule has 0 aliphatic heterocycles. The quantitative estimate of drug-likeness (QED) is 0.423. The predicted molar refractivity (Wildman–Crippen MR) is 70.3 cm³/mol. The Labute approximate surface area is 106 Å². The van der Waals surface area contributed by atoms with Gasteiger partial charge in [0.25, 0.3) is 0 Å². The molecule has 1 unspecified atom stereocenters. The topological polar surface area (TPSA) is 31.4 Å². The van der Waals surface area contributed by atoms with Gasteiger partial charge in [0, 0.05) is 23.2 Å². The molecule has 0 amide bonds. The molecular weight excluding hydrogens is 380 g/mol. The van der Waals surface area contributed by atoms with Crippen LogP contribution in [0.1, 0.15) is 6.42 Å². The molecule has 0 aliphatic carbocycles. The van der Waals surface area contributed by atoms with Crippen LogP contribution in [0.3, 0.4) is 0 Å². The van der Waals surface area contributed by atoms with Crippen molar-refractivity contribution in [1.29, 1.82) is 0 Å². The van der Waals surface area contributed by atoms with Gasteiger partial charge in [0.1, 0.15) is 0 Å². The lowest BCUT2D eigenvalue weighted by atomic mass is 10.5. The highest BCUT2D eigenvalue weighted by Crippen LogP contribution is 2.21. The van der Waals surface area contributed by atoms with Crippen LogP contribution < -0.4 is 4.74 Å². The average molecular weight is 390 g/mol. The molecule has 0 saturated heterocycles. The minimum absolute atomic E-state index is 0.526. The van der Waals surface area contributed by atoms with Gasteiger partial charge in [-0.2, -0.15) is 0 Å². The third-order valence-corrected chi connectivity index (χ3v) is 3.11. The van der Waals surface area contributed by atoms with E-state index >= 15 is 0 Å². The number of ether oxygens (including phenoxy) is 1. The normalized spacial score (nSPS) is 11.0. The Morgan fingerprint density at radius 1 is 1.43 bits per heavy atom. The van der Waals surface area contributed by atoms with E-state index in [4.69, 9.17) is 9.26 Å². The fourth-order valence-corrected chi connectivity index (χ4v) is 1.91. The molecule has 0 bridgehead atoms. The molecule has 0 spiro atoms.